The Morgan fingerprint density at radius 2 is 1.82 bits per heavy atom. The zero-order chi connectivity index (χ0) is 24.9. The van der Waals surface area contributed by atoms with Crippen molar-refractivity contribution in [1.29, 1.82) is 0 Å². The van der Waals surface area contributed by atoms with Crippen molar-refractivity contribution in [1.82, 2.24) is 9.71 Å². The molecule has 0 bridgehead atoms. The molecule has 3 aromatic rings. The molecule has 0 aliphatic heterocycles. The highest BCUT2D eigenvalue weighted by molar-refractivity contribution is 7.89. The minimum atomic E-state index is -4.68. The number of aryl methyl sites for hydroxylation is 1. The molecule has 0 saturated carbocycles. The molecule has 3 rings (SSSR count). The van der Waals surface area contributed by atoms with E-state index in [-0.39, 0.29) is 17.4 Å². The zero-order valence-corrected chi connectivity index (χ0v) is 20.3. The summed E-state index contributed by atoms with van der Waals surface area (Å²) in [4.78, 5) is 16.7. The molecular formula is C22H21ClF3N3O3S2. The summed E-state index contributed by atoms with van der Waals surface area (Å²) >= 11 is 7.03. The van der Waals surface area contributed by atoms with Crippen LogP contribution in [0.3, 0.4) is 0 Å². The minimum Gasteiger partial charge on any atom is -0.362 e. The Kier molecular flexibility index (Phi) is 8.34. The predicted molar refractivity (Wildman–Crippen MR) is 126 cm³/mol. The van der Waals surface area contributed by atoms with Crippen LogP contribution in [0.15, 0.2) is 53.6 Å². The van der Waals surface area contributed by atoms with Crippen molar-refractivity contribution in [3.05, 3.63) is 75.3 Å². The molecule has 0 aliphatic carbocycles. The lowest BCUT2D eigenvalue weighted by Crippen LogP contribution is -2.26. The summed E-state index contributed by atoms with van der Waals surface area (Å²) in [5, 5.41) is 3.35. The third kappa shape index (κ3) is 6.56. The normalized spacial score (nSPS) is 12.0. The van der Waals surface area contributed by atoms with Gasteiger partial charge in [-0.3, -0.25) is 4.79 Å². The average Bonchev–Trinajstić information content (AvgIpc) is 3.24. The van der Waals surface area contributed by atoms with E-state index in [1.807, 2.05) is 19.1 Å². The van der Waals surface area contributed by atoms with E-state index < -0.39 is 26.7 Å². The number of nitrogens with zero attached hydrogens (tertiary/aromatic N) is 1. The van der Waals surface area contributed by atoms with Gasteiger partial charge in [0.15, 0.2) is 5.13 Å². The van der Waals surface area contributed by atoms with Gasteiger partial charge in [-0.2, -0.15) is 13.2 Å². The SMILES string of the molecule is Cc1ccccc1C(=O)c1cnc(NCCCCNS(=O)(=O)c2cc(C(F)(F)F)ccc2Cl)s1. The Bertz CT molecular complexity index is 1280. The van der Waals surface area contributed by atoms with Crippen molar-refractivity contribution in [3.63, 3.8) is 0 Å². The molecule has 6 nitrogen and oxygen atoms in total. The number of carbonyl (C=O) groups excluding carboxylic acids is 1. The highest BCUT2D eigenvalue weighted by atomic mass is 35.5. The fraction of sp³-hybridized carbons (Fsp3) is 0.273. The molecule has 0 spiro atoms. The molecule has 0 atom stereocenters. The number of alkyl halides is 3. The molecule has 0 unspecified atom stereocenters. The van der Waals surface area contributed by atoms with Gasteiger partial charge in [0.05, 0.1) is 21.7 Å². The number of nitrogens with one attached hydrogen (secondary N) is 2. The lowest BCUT2D eigenvalue weighted by molar-refractivity contribution is -0.137. The number of hydrogen-bond donors (Lipinski definition) is 2. The van der Waals surface area contributed by atoms with Crippen LogP contribution in [0, 0.1) is 6.92 Å². The maximum Gasteiger partial charge on any atom is 0.416 e. The van der Waals surface area contributed by atoms with Crippen LogP contribution in [-0.2, 0) is 16.2 Å². The summed E-state index contributed by atoms with van der Waals surface area (Å²) in [6.07, 6.45) is -2.20. The fourth-order valence-corrected chi connectivity index (χ4v) is 5.43. The third-order valence-electron chi connectivity index (χ3n) is 4.84. The molecule has 182 valence electrons. The number of sulfonamides is 1. The van der Waals surface area contributed by atoms with Gasteiger partial charge in [-0.25, -0.2) is 18.1 Å². The molecule has 1 aromatic heterocycles. The lowest BCUT2D eigenvalue weighted by Gasteiger charge is -2.12. The fourth-order valence-electron chi connectivity index (χ4n) is 3.04. The van der Waals surface area contributed by atoms with Crippen molar-refractivity contribution in [2.45, 2.75) is 30.8 Å². The van der Waals surface area contributed by atoms with Gasteiger partial charge >= 0.3 is 6.18 Å². The van der Waals surface area contributed by atoms with E-state index in [9.17, 15) is 26.4 Å². The third-order valence-corrected chi connectivity index (χ3v) is 7.74. The van der Waals surface area contributed by atoms with Crippen molar-refractivity contribution in [2.24, 2.45) is 0 Å². The molecule has 2 aromatic carbocycles. The van der Waals surface area contributed by atoms with Gasteiger partial charge < -0.3 is 5.32 Å². The molecule has 12 heteroatoms. The quantitative estimate of drug-likeness (QED) is 0.265. The van der Waals surface area contributed by atoms with Crippen LogP contribution >= 0.6 is 22.9 Å². The summed E-state index contributed by atoms with van der Waals surface area (Å²) in [6, 6.07) is 9.45. The maximum atomic E-state index is 12.9. The number of rotatable bonds is 10. The van der Waals surface area contributed by atoms with Crippen LogP contribution in [0.25, 0.3) is 0 Å². The first-order chi connectivity index (χ1) is 16.0. The summed E-state index contributed by atoms with van der Waals surface area (Å²) in [5.74, 6) is -0.105. The Morgan fingerprint density at radius 3 is 2.53 bits per heavy atom. The van der Waals surface area contributed by atoms with E-state index >= 15 is 0 Å². The molecular weight excluding hydrogens is 511 g/mol. The summed E-state index contributed by atoms with van der Waals surface area (Å²) < 4.78 is 65.7. The molecule has 0 fully saturated rings. The van der Waals surface area contributed by atoms with Crippen molar-refractivity contribution < 1.29 is 26.4 Å². The van der Waals surface area contributed by atoms with Crippen LogP contribution in [-0.4, -0.2) is 32.3 Å². The Labute approximate surface area is 204 Å². The van der Waals surface area contributed by atoms with Crippen LogP contribution < -0.4 is 10.0 Å². The number of anilines is 1. The monoisotopic (exact) mass is 531 g/mol. The molecule has 34 heavy (non-hydrogen) atoms. The van der Waals surface area contributed by atoms with E-state index in [0.29, 0.717) is 41.0 Å². The Morgan fingerprint density at radius 1 is 1.12 bits per heavy atom. The number of aromatic nitrogens is 1. The van der Waals surface area contributed by atoms with Crippen LogP contribution in [0.4, 0.5) is 18.3 Å². The van der Waals surface area contributed by atoms with Crippen molar-refractivity contribution in [2.75, 3.05) is 18.4 Å². The Hall–Kier alpha value is -2.47. The number of unbranched alkanes of at least 4 members (excludes halogenated alkanes) is 1. The van der Waals surface area contributed by atoms with Crippen molar-refractivity contribution >= 4 is 43.9 Å². The van der Waals surface area contributed by atoms with Gasteiger partial charge in [-0.15, -0.1) is 0 Å². The number of ketones is 1. The Balaban J connectivity index is 1.47. The molecule has 0 amide bonds. The van der Waals surface area contributed by atoms with Gasteiger partial charge in [-0.05, 0) is 43.5 Å². The van der Waals surface area contributed by atoms with Crippen LogP contribution in [0.1, 0.15) is 39.2 Å². The summed E-state index contributed by atoms with van der Waals surface area (Å²) in [7, 11) is -4.20. The first kappa shape index (κ1) is 26.1. The van der Waals surface area contributed by atoms with Crippen LogP contribution in [0.2, 0.25) is 5.02 Å². The first-order valence-electron chi connectivity index (χ1n) is 10.2. The lowest BCUT2D eigenvalue weighted by atomic mass is 10.0. The first-order valence-corrected chi connectivity index (χ1v) is 12.8. The topological polar surface area (TPSA) is 88.2 Å². The summed E-state index contributed by atoms with van der Waals surface area (Å²) in [5.41, 5.74) is 0.403. The van der Waals surface area contributed by atoms with Crippen LogP contribution in [0.5, 0.6) is 0 Å². The van der Waals surface area contributed by atoms with E-state index in [1.54, 1.807) is 12.1 Å². The average molecular weight is 532 g/mol. The molecule has 0 radical (unpaired) electrons. The highest BCUT2D eigenvalue weighted by Crippen LogP contribution is 2.33. The van der Waals surface area contributed by atoms with Crippen molar-refractivity contribution in [3.8, 4) is 0 Å². The minimum absolute atomic E-state index is 0.0193. The van der Waals surface area contributed by atoms with Gasteiger partial charge in [0, 0.05) is 18.7 Å². The number of halogens is 4. The molecule has 0 saturated heterocycles. The predicted octanol–water partition coefficient (Wildman–Crippen LogP) is 5.53. The smallest absolute Gasteiger partial charge is 0.362 e. The van der Waals surface area contributed by atoms with E-state index in [1.165, 1.54) is 17.5 Å². The summed E-state index contributed by atoms with van der Waals surface area (Å²) in [6.45, 7) is 2.35. The second-order valence-corrected chi connectivity index (χ2v) is 10.5. The highest BCUT2D eigenvalue weighted by Gasteiger charge is 2.32. The second-order valence-electron chi connectivity index (χ2n) is 7.35. The largest absolute Gasteiger partial charge is 0.416 e. The number of hydrogen-bond acceptors (Lipinski definition) is 6. The number of carbonyl (C=O) groups is 1. The van der Waals surface area contributed by atoms with E-state index in [0.717, 1.165) is 17.7 Å². The molecule has 2 N–H and O–H groups in total. The van der Waals surface area contributed by atoms with Gasteiger partial charge in [-0.1, -0.05) is 47.2 Å². The standard InChI is InChI=1S/C22H21ClF3N3O3S2/c1-14-6-2-3-7-16(14)20(30)18-13-28-21(33-18)27-10-4-5-11-29-34(31,32)19-12-15(22(24,25)26)8-9-17(19)23/h2-3,6-9,12-13,29H,4-5,10-11H2,1H3,(H,27,28). The zero-order valence-electron chi connectivity index (χ0n) is 17.9. The van der Waals surface area contributed by atoms with Gasteiger partial charge in [0.25, 0.3) is 0 Å². The van der Waals surface area contributed by atoms with Gasteiger partial charge in [0.1, 0.15) is 4.90 Å². The van der Waals surface area contributed by atoms with Gasteiger partial charge in [0.2, 0.25) is 15.8 Å². The maximum absolute atomic E-state index is 12.9. The second kappa shape index (κ2) is 10.9. The number of benzene rings is 2. The molecule has 0 aliphatic rings. The number of thiazole rings is 1. The molecule has 1 heterocycles. The van der Waals surface area contributed by atoms with E-state index in [4.69, 9.17) is 11.6 Å². The van der Waals surface area contributed by atoms with E-state index in [2.05, 4.69) is 15.0 Å².